The summed E-state index contributed by atoms with van der Waals surface area (Å²) in [6.45, 7) is -0.161. The number of nitriles is 1. The van der Waals surface area contributed by atoms with E-state index in [1.165, 1.54) is 17.3 Å². The highest BCUT2D eigenvalue weighted by Crippen LogP contribution is 2.14. The number of amides is 1. The minimum Gasteiger partial charge on any atom is -0.348 e. The van der Waals surface area contributed by atoms with Gasteiger partial charge in [-0.1, -0.05) is 0 Å². The molecule has 0 radical (unpaired) electrons. The van der Waals surface area contributed by atoms with Gasteiger partial charge in [0.15, 0.2) is 11.5 Å². The van der Waals surface area contributed by atoms with Gasteiger partial charge in [0.05, 0.1) is 6.54 Å². The molecule has 2 rings (SSSR count). The molecule has 1 amide bonds. The average molecular weight is 303 g/mol. The Hall–Kier alpha value is -3.08. The fourth-order valence-electron chi connectivity index (χ4n) is 1.81. The monoisotopic (exact) mass is 303 g/mol. The van der Waals surface area contributed by atoms with E-state index in [0.29, 0.717) is 6.07 Å². The second-order valence-electron chi connectivity index (χ2n) is 4.40. The first-order chi connectivity index (χ1) is 10.5. The van der Waals surface area contributed by atoms with Crippen molar-refractivity contribution in [1.82, 2.24) is 9.97 Å². The number of hydrogen-bond acceptors (Lipinski definition) is 5. The van der Waals surface area contributed by atoms with Crippen molar-refractivity contribution in [2.75, 3.05) is 23.8 Å². The van der Waals surface area contributed by atoms with E-state index >= 15 is 0 Å². The minimum atomic E-state index is -0.788. The quantitative estimate of drug-likeness (QED) is 0.929. The van der Waals surface area contributed by atoms with Gasteiger partial charge in [0, 0.05) is 31.2 Å². The molecule has 22 heavy (non-hydrogen) atoms. The lowest BCUT2D eigenvalue weighted by Gasteiger charge is -2.17. The van der Waals surface area contributed by atoms with Crippen molar-refractivity contribution in [3.63, 3.8) is 0 Å². The van der Waals surface area contributed by atoms with E-state index in [2.05, 4.69) is 15.3 Å². The van der Waals surface area contributed by atoms with Crippen LogP contribution in [0.5, 0.6) is 0 Å². The molecule has 0 aliphatic heterocycles. The number of likely N-dealkylation sites (N-methyl/N-ethyl adjacent to an activating group) is 1. The molecule has 1 aromatic heterocycles. The molecular weight excluding hydrogens is 292 g/mol. The highest BCUT2D eigenvalue weighted by molar-refractivity contribution is 5.94. The van der Waals surface area contributed by atoms with Gasteiger partial charge in [0.1, 0.15) is 17.7 Å². The number of hydrogen-bond donors (Lipinski definition) is 1. The van der Waals surface area contributed by atoms with E-state index in [4.69, 9.17) is 5.26 Å². The summed E-state index contributed by atoms with van der Waals surface area (Å²) in [5.74, 6) is -1.85. The smallest absolute Gasteiger partial charge is 0.243 e. The van der Waals surface area contributed by atoms with Crippen molar-refractivity contribution in [3.8, 4) is 6.07 Å². The molecule has 1 N–H and O–H groups in total. The molecule has 0 aliphatic carbocycles. The van der Waals surface area contributed by atoms with Crippen LogP contribution in [0.25, 0.3) is 0 Å². The summed E-state index contributed by atoms with van der Waals surface area (Å²) >= 11 is 0. The SMILES string of the molecule is CN(CC(=O)Nc1cc(F)cc(F)c1)c1nccnc1C#N. The van der Waals surface area contributed by atoms with Crippen molar-refractivity contribution >= 4 is 17.4 Å². The third kappa shape index (κ3) is 3.73. The zero-order valence-electron chi connectivity index (χ0n) is 11.5. The van der Waals surface area contributed by atoms with E-state index in [1.54, 1.807) is 7.05 Å². The standard InChI is InChI=1S/C14H11F2N5O/c1-21(14-12(7-17)18-2-3-19-14)8-13(22)20-11-5-9(15)4-10(16)6-11/h2-6H,8H2,1H3,(H,20,22). The van der Waals surface area contributed by atoms with Crippen LogP contribution in [0, 0.1) is 23.0 Å². The zero-order chi connectivity index (χ0) is 16.1. The van der Waals surface area contributed by atoms with Gasteiger partial charge in [0.2, 0.25) is 5.91 Å². The summed E-state index contributed by atoms with van der Waals surface area (Å²) in [6.07, 6.45) is 2.76. The maximum atomic E-state index is 13.0. The topological polar surface area (TPSA) is 81.9 Å². The molecule has 0 saturated heterocycles. The number of nitrogens with zero attached hydrogens (tertiary/aromatic N) is 4. The molecule has 0 atom stereocenters. The Morgan fingerprint density at radius 2 is 1.91 bits per heavy atom. The van der Waals surface area contributed by atoms with Crippen LogP contribution >= 0.6 is 0 Å². The lowest BCUT2D eigenvalue weighted by atomic mass is 10.3. The van der Waals surface area contributed by atoms with E-state index in [0.717, 1.165) is 12.1 Å². The second-order valence-corrected chi connectivity index (χ2v) is 4.40. The van der Waals surface area contributed by atoms with Crippen molar-refractivity contribution in [3.05, 3.63) is 47.9 Å². The van der Waals surface area contributed by atoms with Crippen molar-refractivity contribution in [2.45, 2.75) is 0 Å². The molecule has 0 bridgehead atoms. The number of benzene rings is 1. The number of halogens is 2. The Morgan fingerprint density at radius 3 is 2.55 bits per heavy atom. The molecule has 1 heterocycles. The lowest BCUT2D eigenvalue weighted by molar-refractivity contribution is -0.114. The van der Waals surface area contributed by atoms with Gasteiger partial charge in [-0.3, -0.25) is 4.79 Å². The number of aromatic nitrogens is 2. The second kappa shape index (κ2) is 6.58. The molecule has 112 valence electrons. The zero-order valence-corrected chi connectivity index (χ0v) is 11.5. The van der Waals surface area contributed by atoms with E-state index in [-0.39, 0.29) is 23.7 Å². The largest absolute Gasteiger partial charge is 0.348 e. The summed E-state index contributed by atoms with van der Waals surface area (Å²) in [6, 6.07) is 4.59. The van der Waals surface area contributed by atoms with E-state index < -0.39 is 17.5 Å². The number of carbonyl (C=O) groups excluding carboxylic acids is 1. The predicted octanol–water partition coefficient (Wildman–Crippen LogP) is 1.70. The molecule has 2 aromatic rings. The normalized spacial score (nSPS) is 9.91. The Morgan fingerprint density at radius 1 is 1.27 bits per heavy atom. The Kier molecular flexibility index (Phi) is 4.58. The molecule has 0 aliphatic rings. The first-order valence-electron chi connectivity index (χ1n) is 6.18. The first-order valence-corrected chi connectivity index (χ1v) is 6.18. The molecule has 0 unspecified atom stereocenters. The van der Waals surface area contributed by atoms with Crippen LogP contribution in [-0.4, -0.2) is 29.5 Å². The molecule has 1 aromatic carbocycles. The number of anilines is 2. The number of nitrogens with one attached hydrogen (secondary N) is 1. The number of rotatable bonds is 4. The van der Waals surface area contributed by atoms with Gasteiger partial charge in [-0.15, -0.1) is 0 Å². The lowest BCUT2D eigenvalue weighted by Crippen LogP contribution is -2.31. The Balaban J connectivity index is 2.07. The minimum absolute atomic E-state index is 0.00977. The molecule has 0 fully saturated rings. The van der Waals surface area contributed by atoms with Crippen LogP contribution in [0.4, 0.5) is 20.3 Å². The highest BCUT2D eigenvalue weighted by atomic mass is 19.1. The van der Waals surface area contributed by atoms with Crippen molar-refractivity contribution in [1.29, 1.82) is 5.26 Å². The van der Waals surface area contributed by atoms with Gasteiger partial charge < -0.3 is 10.2 Å². The van der Waals surface area contributed by atoms with Crippen molar-refractivity contribution in [2.24, 2.45) is 0 Å². The van der Waals surface area contributed by atoms with Crippen LogP contribution in [0.2, 0.25) is 0 Å². The Labute approximate surface area is 125 Å². The molecular formula is C14H11F2N5O. The van der Waals surface area contributed by atoms with Gasteiger partial charge in [0.25, 0.3) is 0 Å². The summed E-state index contributed by atoms with van der Waals surface area (Å²) < 4.78 is 26.1. The predicted molar refractivity (Wildman–Crippen MR) is 75.0 cm³/mol. The molecule has 8 heteroatoms. The first kappa shape index (κ1) is 15.3. The number of carbonyl (C=O) groups is 1. The third-order valence-electron chi connectivity index (χ3n) is 2.67. The summed E-state index contributed by atoms with van der Waals surface area (Å²) in [5, 5.41) is 11.3. The summed E-state index contributed by atoms with van der Waals surface area (Å²) in [5.41, 5.74) is 0.0881. The maximum absolute atomic E-state index is 13.0. The summed E-state index contributed by atoms with van der Waals surface area (Å²) in [4.78, 5) is 21.1. The van der Waals surface area contributed by atoms with Gasteiger partial charge in [-0.25, -0.2) is 18.7 Å². The van der Waals surface area contributed by atoms with Crippen LogP contribution in [0.15, 0.2) is 30.6 Å². The molecule has 6 nitrogen and oxygen atoms in total. The fourth-order valence-corrected chi connectivity index (χ4v) is 1.81. The van der Waals surface area contributed by atoms with Crippen LogP contribution in [0.3, 0.4) is 0 Å². The average Bonchev–Trinajstić information content (AvgIpc) is 2.45. The van der Waals surface area contributed by atoms with Crippen LogP contribution < -0.4 is 10.2 Å². The Bertz CT molecular complexity index is 724. The fraction of sp³-hybridized carbons (Fsp3) is 0.143. The van der Waals surface area contributed by atoms with Crippen LogP contribution in [0.1, 0.15) is 5.69 Å². The van der Waals surface area contributed by atoms with Gasteiger partial charge in [-0.2, -0.15) is 5.26 Å². The molecule has 0 spiro atoms. The maximum Gasteiger partial charge on any atom is 0.243 e. The highest BCUT2D eigenvalue weighted by Gasteiger charge is 2.14. The van der Waals surface area contributed by atoms with Crippen molar-refractivity contribution < 1.29 is 13.6 Å². The van der Waals surface area contributed by atoms with Crippen LogP contribution in [-0.2, 0) is 4.79 Å². The summed E-state index contributed by atoms with van der Waals surface area (Å²) in [7, 11) is 1.55. The third-order valence-corrected chi connectivity index (χ3v) is 2.67. The van der Waals surface area contributed by atoms with Gasteiger partial charge >= 0.3 is 0 Å². The molecule has 0 saturated carbocycles. The van der Waals surface area contributed by atoms with E-state index in [9.17, 15) is 13.6 Å². The van der Waals surface area contributed by atoms with Gasteiger partial charge in [-0.05, 0) is 12.1 Å². The van der Waals surface area contributed by atoms with E-state index in [1.807, 2.05) is 6.07 Å².